The Bertz CT molecular complexity index is 386. The Kier molecular flexibility index (Phi) is 2.81. The number of allylic oxidation sites excluding steroid dienone is 1. The van der Waals surface area contributed by atoms with Gasteiger partial charge in [-0.05, 0) is 31.5 Å². The number of rotatable bonds is 1. The lowest BCUT2D eigenvalue weighted by Crippen LogP contribution is -1.89. The second-order valence-corrected chi connectivity index (χ2v) is 2.81. The van der Waals surface area contributed by atoms with E-state index in [9.17, 15) is 4.39 Å². The molecular weight excluding hydrogens is 165 g/mol. The van der Waals surface area contributed by atoms with Crippen LogP contribution in [-0.2, 0) is 0 Å². The molecule has 0 spiro atoms. The zero-order valence-corrected chi connectivity index (χ0v) is 7.63. The summed E-state index contributed by atoms with van der Waals surface area (Å²) < 4.78 is 13.3. The topological polar surface area (TPSA) is 23.8 Å². The molecule has 0 aliphatic rings. The highest BCUT2D eigenvalue weighted by molar-refractivity contribution is 5.54. The quantitative estimate of drug-likeness (QED) is 0.643. The highest BCUT2D eigenvalue weighted by Gasteiger charge is 2.04. The molecule has 13 heavy (non-hydrogen) atoms. The predicted molar refractivity (Wildman–Crippen MR) is 50.6 cm³/mol. The van der Waals surface area contributed by atoms with Gasteiger partial charge in [0.15, 0.2) is 0 Å². The van der Waals surface area contributed by atoms with Gasteiger partial charge >= 0.3 is 0 Å². The molecule has 0 atom stereocenters. The molecular formula is C11H10FN. The molecule has 0 heterocycles. The zero-order valence-electron chi connectivity index (χ0n) is 7.63. The third kappa shape index (κ3) is 1.94. The van der Waals surface area contributed by atoms with Gasteiger partial charge in [0.25, 0.3) is 0 Å². The van der Waals surface area contributed by atoms with E-state index in [4.69, 9.17) is 5.26 Å². The summed E-state index contributed by atoms with van der Waals surface area (Å²) in [7, 11) is 0. The van der Waals surface area contributed by atoms with E-state index in [2.05, 4.69) is 0 Å². The van der Waals surface area contributed by atoms with E-state index in [0.717, 1.165) is 0 Å². The van der Waals surface area contributed by atoms with Crippen molar-refractivity contribution in [2.24, 2.45) is 0 Å². The number of hydrogen-bond acceptors (Lipinski definition) is 1. The van der Waals surface area contributed by atoms with E-state index in [0.29, 0.717) is 16.7 Å². The summed E-state index contributed by atoms with van der Waals surface area (Å²) in [5, 5.41) is 8.65. The molecule has 0 bridgehead atoms. The minimum Gasteiger partial charge on any atom is -0.206 e. The second kappa shape index (κ2) is 3.86. The molecule has 66 valence electrons. The molecule has 0 aliphatic carbocycles. The molecule has 0 saturated heterocycles. The summed E-state index contributed by atoms with van der Waals surface area (Å²) >= 11 is 0. The van der Waals surface area contributed by atoms with Crippen LogP contribution in [-0.4, -0.2) is 0 Å². The largest absolute Gasteiger partial charge is 0.206 e. The van der Waals surface area contributed by atoms with Crippen LogP contribution in [0.1, 0.15) is 23.6 Å². The van der Waals surface area contributed by atoms with Crippen LogP contribution in [0, 0.1) is 24.1 Å². The fourth-order valence-electron chi connectivity index (χ4n) is 1.16. The van der Waals surface area contributed by atoms with Gasteiger partial charge in [-0.3, -0.25) is 0 Å². The van der Waals surface area contributed by atoms with Crippen molar-refractivity contribution in [3.8, 4) is 6.07 Å². The van der Waals surface area contributed by atoms with E-state index in [1.54, 1.807) is 31.2 Å². The fraction of sp³-hybridized carbons (Fsp3) is 0.182. The van der Waals surface area contributed by atoms with Gasteiger partial charge in [0.2, 0.25) is 0 Å². The van der Waals surface area contributed by atoms with Gasteiger partial charge in [-0.2, -0.15) is 5.26 Å². The van der Waals surface area contributed by atoms with Crippen LogP contribution in [0.25, 0.3) is 6.08 Å². The minimum atomic E-state index is -0.253. The standard InChI is InChI=1S/C11H10FN/c1-3-4-10-6-9(7-13)5-8(2)11(10)12/h3-6H,1-2H3/b4-3+. The zero-order chi connectivity index (χ0) is 9.84. The van der Waals surface area contributed by atoms with Crippen LogP contribution < -0.4 is 0 Å². The first-order valence-corrected chi connectivity index (χ1v) is 4.02. The predicted octanol–water partition coefficient (Wildman–Crippen LogP) is 3.04. The first-order chi connectivity index (χ1) is 6.19. The molecule has 0 unspecified atom stereocenters. The Morgan fingerprint density at radius 3 is 2.69 bits per heavy atom. The average molecular weight is 175 g/mol. The average Bonchev–Trinajstić information content (AvgIpc) is 2.13. The molecule has 1 aromatic rings. The lowest BCUT2D eigenvalue weighted by atomic mass is 10.1. The monoisotopic (exact) mass is 175 g/mol. The van der Waals surface area contributed by atoms with Crippen molar-refractivity contribution in [3.63, 3.8) is 0 Å². The van der Waals surface area contributed by atoms with Crippen molar-refractivity contribution in [2.45, 2.75) is 13.8 Å². The molecule has 0 aliphatic heterocycles. The molecule has 0 amide bonds. The van der Waals surface area contributed by atoms with Gasteiger partial charge in [0.05, 0.1) is 11.6 Å². The lowest BCUT2D eigenvalue weighted by molar-refractivity contribution is 0.615. The van der Waals surface area contributed by atoms with Crippen molar-refractivity contribution in [3.05, 3.63) is 40.7 Å². The van der Waals surface area contributed by atoms with Crippen molar-refractivity contribution >= 4 is 6.08 Å². The first kappa shape index (κ1) is 9.47. The van der Waals surface area contributed by atoms with Crippen LogP contribution in [0.2, 0.25) is 0 Å². The Morgan fingerprint density at radius 2 is 2.15 bits per heavy atom. The summed E-state index contributed by atoms with van der Waals surface area (Å²) in [4.78, 5) is 0. The van der Waals surface area contributed by atoms with Crippen LogP contribution in [0.4, 0.5) is 4.39 Å². The van der Waals surface area contributed by atoms with E-state index in [1.807, 2.05) is 13.0 Å². The van der Waals surface area contributed by atoms with Crippen LogP contribution in [0.15, 0.2) is 18.2 Å². The molecule has 0 saturated carbocycles. The first-order valence-electron chi connectivity index (χ1n) is 4.02. The van der Waals surface area contributed by atoms with Crippen LogP contribution in [0.3, 0.4) is 0 Å². The highest BCUT2D eigenvalue weighted by Crippen LogP contribution is 2.16. The normalized spacial score (nSPS) is 10.3. The van der Waals surface area contributed by atoms with Gasteiger partial charge in [0.1, 0.15) is 5.82 Å². The molecule has 0 N–H and O–H groups in total. The SMILES string of the molecule is C/C=C/c1cc(C#N)cc(C)c1F. The molecule has 0 radical (unpaired) electrons. The molecule has 1 nitrogen and oxygen atoms in total. The number of benzene rings is 1. The maximum Gasteiger partial charge on any atom is 0.133 e. The van der Waals surface area contributed by atoms with Crippen molar-refractivity contribution < 1.29 is 4.39 Å². The Labute approximate surface area is 77.1 Å². The van der Waals surface area contributed by atoms with Gasteiger partial charge in [-0.1, -0.05) is 12.2 Å². The van der Waals surface area contributed by atoms with Gasteiger partial charge in [-0.25, -0.2) is 4.39 Å². The van der Waals surface area contributed by atoms with Crippen molar-refractivity contribution in [1.29, 1.82) is 5.26 Å². The Hall–Kier alpha value is -1.62. The van der Waals surface area contributed by atoms with Gasteiger partial charge in [-0.15, -0.1) is 0 Å². The van der Waals surface area contributed by atoms with Crippen molar-refractivity contribution in [2.75, 3.05) is 0 Å². The second-order valence-electron chi connectivity index (χ2n) is 2.81. The Balaban J connectivity index is 3.35. The molecule has 2 heteroatoms. The van der Waals surface area contributed by atoms with E-state index in [1.165, 1.54) is 0 Å². The summed E-state index contributed by atoms with van der Waals surface area (Å²) in [5.41, 5.74) is 1.47. The van der Waals surface area contributed by atoms with E-state index in [-0.39, 0.29) is 5.82 Å². The third-order valence-corrected chi connectivity index (χ3v) is 1.76. The van der Waals surface area contributed by atoms with Crippen molar-refractivity contribution in [1.82, 2.24) is 0 Å². The van der Waals surface area contributed by atoms with Crippen LogP contribution >= 0.6 is 0 Å². The maximum absolute atomic E-state index is 13.3. The molecule has 1 aromatic carbocycles. The van der Waals surface area contributed by atoms with Gasteiger partial charge < -0.3 is 0 Å². The molecule has 0 fully saturated rings. The van der Waals surface area contributed by atoms with E-state index < -0.39 is 0 Å². The molecule has 1 rings (SSSR count). The number of nitrogens with zero attached hydrogens (tertiary/aromatic N) is 1. The minimum absolute atomic E-state index is 0.253. The highest BCUT2D eigenvalue weighted by atomic mass is 19.1. The Morgan fingerprint density at radius 1 is 1.46 bits per heavy atom. The number of aryl methyl sites for hydroxylation is 1. The number of hydrogen-bond donors (Lipinski definition) is 0. The smallest absolute Gasteiger partial charge is 0.133 e. The number of nitriles is 1. The van der Waals surface area contributed by atoms with E-state index >= 15 is 0 Å². The number of halogens is 1. The maximum atomic E-state index is 13.3. The van der Waals surface area contributed by atoms with Crippen LogP contribution in [0.5, 0.6) is 0 Å². The molecule has 0 aromatic heterocycles. The summed E-state index contributed by atoms with van der Waals surface area (Å²) in [5.74, 6) is -0.253. The fourth-order valence-corrected chi connectivity index (χ4v) is 1.16. The third-order valence-electron chi connectivity index (χ3n) is 1.76. The lowest BCUT2D eigenvalue weighted by Gasteiger charge is -2.01. The summed E-state index contributed by atoms with van der Waals surface area (Å²) in [6.07, 6.45) is 3.40. The summed E-state index contributed by atoms with van der Waals surface area (Å²) in [6.45, 7) is 3.47. The van der Waals surface area contributed by atoms with Gasteiger partial charge in [0, 0.05) is 5.56 Å². The summed E-state index contributed by atoms with van der Waals surface area (Å²) in [6, 6.07) is 5.08.